The third-order valence-corrected chi connectivity index (χ3v) is 6.69. The van der Waals surface area contributed by atoms with Gasteiger partial charge < -0.3 is 10.2 Å². The van der Waals surface area contributed by atoms with E-state index in [0.29, 0.717) is 17.7 Å². The summed E-state index contributed by atoms with van der Waals surface area (Å²) in [5.74, 6) is -0.134. The summed E-state index contributed by atoms with van der Waals surface area (Å²) in [4.78, 5) is 15.1. The van der Waals surface area contributed by atoms with E-state index in [4.69, 9.17) is 5.14 Å². The summed E-state index contributed by atoms with van der Waals surface area (Å²) in [7, 11) is -3.92. The molecule has 3 atom stereocenters. The highest BCUT2D eigenvalue weighted by Crippen LogP contribution is 2.43. The maximum Gasteiger partial charge on any atom is 0.254 e. The van der Waals surface area contributed by atoms with E-state index < -0.39 is 10.0 Å². The normalized spacial score (nSPS) is 24.4. The number of sulfonamides is 1. The summed E-state index contributed by atoms with van der Waals surface area (Å²) < 4.78 is 37.3. The average Bonchev–Trinajstić information content (AvgIpc) is 3.21. The minimum atomic E-state index is -3.92. The van der Waals surface area contributed by atoms with Gasteiger partial charge in [0.15, 0.2) is 0 Å². The Kier molecular flexibility index (Phi) is 4.73. The van der Waals surface area contributed by atoms with Crippen LogP contribution in [0.2, 0.25) is 0 Å². The summed E-state index contributed by atoms with van der Waals surface area (Å²) in [5.41, 5.74) is 1.73. The first-order valence-electron chi connectivity index (χ1n) is 9.16. The molecular formula is C20H22FN3O3S. The molecule has 3 N–H and O–H groups in total. The van der Waals surface area contributed by atoms with Crippen molar-refractivity contribution in [2.45, 2.75) is 17.9 Å². The molecule has 0 radical (unpaired) electrons. The van der Waals surface area contributed by atoms with Crippen LogP contribution in [-0.2, 0) is 10.0 Å². The second kappa shape index (κ2) is 6.95. The van der Waals surface area contributed by atoms with Crippen molar-refractivity contribution in [3.05, 3.63) is 65.0 Å². The fourth-order valence-corrected chi connectivity index (χ4v) is 4.95. The number of halogens is 1. The van der Waals surface area contributed by atoms with Gasteiger partial charge >= 0.3 is 0 Å². The molecule has 2 fully saturated rings. The number of aryl methyl sites for hydroxylation is 1. The SMILES string of the molecule is Cc1ccc(S(N)(=O)=O)cc1C(=O)N1C[C@@H]2CNC[C@@H]2[C@H]1c1cccc(F)c1. The van der Waals surface area contributed by atoms with E-state index in [2.05, 4.69) is 5.32 Å². The number of benzene rings is 2. The van der Waals surface area contributed by atoms with Crippen molar-refractivity contribution >= 4 is 15.9 Å². The lowest BCUT2D eigenvalue weighted by Crippen LogP contribution is -2.35. The minimum Gasteiger partial charge on any atom is -0.331 e. The van der Waals surface area contributed by atoms with Gasteiger partial charge in [0.1, 0.15) is 5.82 Å². The minimum absolute atomic E-state index is 0.0928. The standard InChI is InChI=1S/C20H22FN3O3S/c1-12-5-6-16(28(22,26)27)8-17(12)20(25)24-11-14-9-23-10-18(14)19(24)13-3-2-4-15(21)7-13/h2-8,14,18-19,23H,9-11H2,1H3,(H2,22,26,27)/t14-,18-,19+/m0/s1. The number of likely N-dealkylation sites (tertiary alicyclic amines) is 1. The molecular weight excluding hydrogens is 381 g/mol. The van der Waals surface area contributed by atoms with Gasteiger partial charge in [0.2, 0.25) is 10.0 Å². The number of hydrogen-bond acceptors (Lipinski definition) is 4. The van der Waals surface area contributed by atoms with Gasteiger partial charge in [-0.2, -0.15) is 0 Å². The highest BCUT2D eigenvalue weighted by molar-refractivity contribution is 7.89. The molecule has 148 valence electrons. The number of primary sulfonamides is 1. The molecule has 2 aromatic carbocycles. The zero-order chi connectivity index (χ0) is 20.1. The van der Waals surface area contributed by atoms with E-state index in [-0.39, 0.29) is 34.5 Å². The zero-order valence-electron chi connectivity index (χ0n) is 15.4. The molecule has 28 heavy (non-hydrogen) atoms. The van der Waals surface area contributed by atoms with Crippen molar-refractivity contribution in [3.63, 3.8) is 0 Å². The van der Waals surface area contributed by atoms with Gasteiger partial charge in [-0.05, 0) is 48.2 Å². The van der Waals surface area contributed by atoms with Gasteiger partial charge in [-0.1, -0.05) is 18.2 Å². The Hall–Kier alpha value is -2.29. The Bertz CT molecular complexity index is 1040. The number of carbonyl (C=O) groups excluding carboxylic acids is 1. The Labute approximate surface area is 163 Å². The summed E-state index contributed by atoms with van der Waals surface area (Å²) in [5, 5.41) is 8.59. The van der Waals surface area contributed by atoms with Crippen LogP contribution in [-0.4, -0.2) is 38.9 Å². The fourth-order valence-electron chi connectivity index (χ4n) is 4.41. The highest BCUT2D eigenvalue weighted by Gasteiger charge is 2.47. The van der Waals surface area contributed by atoms with Gasteiger partial charge in [-0.15, -0.1) is 0 Å². The first-order chi connectivity index (χ1) is 13.3. The number of carbonyl (C=O) groups is 1. The van der Waals surface area contributed by atoms with Crippen LogP contribution in [0.4, 0.5) is 4.39 Å². The average molecular weight is 403 g/mol. The van der Waals surface area contributed by atoms with Gasteiger partial charge in [-0.25, -0.2) is 17.9 Å². The number of hydrogen-bond donors (Lipinski definition) is 2. The van der Waals surface area contributed by atoms with E-state index >= 15 is 0 Å². The summed E-state index contributed by atoms with van der Waals surface area (Å²) in [6.45, 7) is 3.86. The molecule has 2 heterocycles. The first kappa shape index (κ1) is 19.0. The molecule has 4 rings (SSSR count). The van der Waals surface area contributed by atoms with E-state index in [1.54, 1.807) is 24.0 Å². The monoisotopic (exact) mass is 403 g/mol. The summed E-state index contributed by atoms with van der Waals surface area (Å²) >= 11 is 0. The molecule has 2 aliphatic heterocycles. The number of nitrogens with two attached hydrogens (primary N) is 1. The second-order valence-corrected chi connectivity index (χ2v) is 9.12. The Morgan fingerprint density at radius 2 is 2.00 bits per heavy atom. The van der Waals surface area contributed by atoms with Crippen LogP contribution in [0.1, 0.15) is 27.5 Å². The molecule has 0 saturated carbocycles. The van der Waals surface area contributed by atoms with E-state index in [9.17, 15) is 17.6 Å². The molecule has 0 spiro atoms. The third-order valence-electron chi connectivity index (χ3n) is 5.78. The quantitative estimate of drug-likeness (QED) is 0.818. The van der Waals surface area contributed by atoms with E-state index in [0.717, 1.165) is 18.7 Å². The Balaban J connectivity index is 1.76. The first-order valence-corrected chi connectivity index (χ1v) is 10.7. The number of fused-ring (bicyclic) bond motifs is 1. The van der Waals surface area contributed by atoms with Crippen LogP contribution in [0.5, 0.6) is 0 Å². The molecule has 2 aliphatic rings. The van der Waals surface area contributed by atoms with E-state index in [1.165, 1.54) is 24.3 Å². The van der Waals surface area contributed by atoms with Gasteiger partial charge in [0.25, 0.3) is 5.91 Å². The number of nitrogens with one attached hydrogen (secondary N) is 1. The third kappa shape index (κ3) is 3.32. The van der Waals surface area contributed by atoms with Gasteiger partial charge in [0, 0.05) is 31.1 Å². The molecule has 2 saturated heterocycles. The molecule has 0 bridgehead atoms. The summed E-state index contributed by atoms with van der Waals surface area (Å²) in [6.07, 6.45) is 0. The molecule has 1 amide bonds. The van der Waals surface area contributed by atoms with Crippen molar-refractivity contribution in [1.82, 2.24) is 10.2 Å². The number of amides is 1. The van der Waals surface area contributed by atoms with E-state index in [1.807, 2.05) is 6.07 Å². The predicted molar refractivity (Wildman–Crippen MR) is 103 cm³/mol. The lowest BCUT2D eigenvalue weighted by Gasteiger charge is -2.29. The van der Waals surface area contributed by atoms with Crippen LogP contribution in [0.15, 0.2) is 47.4 Å². The predicted octanol–water partition coefficient (Wildman–Crippen LogP) is 1.81. The van der Waals surface area contributed by atoms with Crippen molar-refractivity contribution in [1.29, 1.82) is 0 Å². The number of nitrogens with zero attached hydrogens (tertiary/aromatic N) is 1. The molecule has 0 unspecified atom stereocenters. The largest absolute Gasteiger partial charge is 0.331 e. The van der Waals surface area contributed by atoms with Crippen molar-refractivity contribution < 1.29 is 17.6 Å². The van der Waals surface area contributed by atoms with Crippen LogP contribution in [0.25, 0.3) is 0 Å². The van der Waals surface area contributed by atoms with Crippen LogP contribution < -0.4 is 10.5 Å². The zero-order valence-corrected chi connectivity index (χ0v) is 16.2. The Morgan fingerprint density at radius 1 is 1.21 bits per heavy atom. The molecule has 2 aromatic rings. The number of rotatable bonds is 3. The molecule has 6 nitrogen and oxygen atoms in total. The maximum absolute atomic E-state index is 13.9. The lowest BCUT2D eigenvalue weighted by molar-refractivity contribution is 0.0712. The van der Waals surface area contributed by atoms with Crippen LogP contribution in [0.3, 0.4) is 0 Å². The molecule has 0 aliphatic carbocycles. The van der Waals surface area contributed by atoms with Crippen molar-refractivity contribution in [2.75, 3.05) is 19.6 Å². The van der Waals surface area contributed by atoms with Gasteiger partial charge in [0.05, 0.1) is 10.9 Å². The van der Waals surface area contributed by atoms with Gasteiger partial charge in [-0.3, -0.25) is 4.79 Å². The lowest BCUT2D eigenvalue weighted by atomic mass is 9.89. The smallest absolute Gasteiger partial charge is 0.254 e. The fraction of sp³-hybridized carbons (Fsp3) is 0.350. The topological polar surface area (TPSA) is 92.5 Å². The van der Waals surface area contributed by atoms with Crippen molar-refractivity contribution in [2.24, 2.45) is 17.0 Å². The van der Waals surface area contributed by atoms with Crippen molar-refractivity contribution in [3.8, 4) is 0 Å². The van der Waals surface area contributed by atoms with Crippen LogP contribution >= 0.6 is 0 Å². The molecule has 8 heteroatoms. The Morgan fingerprint density at radius 3 is 2.71 bits per heavy atom. The summed E-state index contributed by atoms with van der Waals surface area (Å²) in [6, 6.07) is 10.4. The maximum atomic E-state index is 13.9. The second-order valence-electron chi connectivity index (χ2n) is 7.56. The molecule has 0 aromatic heterocycles. The highest BCUT2D eigenvalue weighted by atomic mass is 32.2. The van der Waals surface area contributed by atoms with Crippen LogP contribution in [0, 0.1) is 24.6 Å².